The molecule has 5 heteroatoms. The van der Waals surface area contributed by atoms with Crippen molar-refractivity contribution in [3.05, 3.63) is 35.3 Å². The first kappa shape index (κ1) is 20.7. The maximum atomic E-state index is 11.9. The Morgan fingerprint density at radius 2 is 1.60 bits per heavy atom. The van der Waals surface area contributed by atoms with Gasteiger partial charge in [-0.2, -0.15) is 0 Å². The molecule has 0 unspecified atom stereocenters. The number of hydrogen-bond donors (Lipinski definition) is 0. The zero-order valence-corrected chi connectivity index (χ0v) is 15.4. The molecule has 0 aliphatic heterocycles. The molecule has 5 nitrogen and oxygen atoms in total. The fourth-order valence-corrected chi connectivity index (χ4v) is 2.19. The van der Waals surface area contributed by atoms with Gasteiger partial charge in [0.15, 0.2) is 0 Å². The fraction of sp³-hybridized carbons (Fsp3) is 0.500. The predicted molar refractivity (Wildman–Crippen MR) is 97.7 cm³/mol. The van der Waals surface area contributed by atoms with Gasteiger partial charge in [0.25, 0.3) is 0 Å². The number of unbranched alkanes of at least 4 members (excludes halogenated alkanes) is 4. The van der Waals surface area contributed by atoms with Crippen LogP contribution in [0.3, 0.4) is 0 Å². The number of carbonyl (C=O) groups excluding carboxylic acids is 2. The molecule has 138 valence electrons. The first-order valence-corrected chi connectivity index (χ1v) is 8.94. The van der Waals surface area contributed by atoms with E-state index >= 15 is 0 Å². The first-order chi connectivity index (χ1) is 12.1. The van der Waals surface area contributed by atoms with Crippen LogP contribution in [0.15, 0.2) is 28.2 Å². The van der Waals surface area contributed by atoms with Crippen molar-refractivity contribution in [2.24, 2.45) is 0 Å². The first-order valence-electron chi connectivity index (χ1n) is 8.94. The number of furan rings is 1. The average Bonchev–Trinajstić information content (AvgIpc) is 3.03. The van der Waals surface area contributed by atoms with E-state index in [2.05, 4.69) is 13.0 Å². The summed E-state index contributed by atoms with van der Waals surface area (Å²) in [5.41, 5.74) is -0.173. The smallest absolute Gasteiger partial charge is 0.345 e. The molecule has 1 heterocycles. The monoisotopic (exact) mass is 348 g/mol. The van der Waals surface area contributed by atoms with E-state index in [9.17, 15) is 9.59 Å². The highest BCUT2D eigenvalue weighted by atomic mass is 16.6. The van der Waals surface area contributed by atoms with Crippen molar-refractivity contribution in [1.82, 2.24) is 0 Å². The van der Waals surface area contributed by atoms with E-state index < -0.39 is 11.9 Å². The van der Waals surface area contributed by atoms with Crippen molar-refractivity contribution >= 4 is 24.1 Å². The van der Waals surface area contributed by atoms with Crippen molar-refractivity contribution in [1.29, 1.82) is 0 Å². The quantitative estimate of drug-likeness (QED) is 0.189. The topological polar surface area (TPSA) is 65.7 Å². The van der Waals surface area contributed by atoms with Crippen LogP contribution in [0.1, 0.15) is 64.4 Å². The Kier molecular flexibility index (Phi) is 10.1. The SMILES string of the molecule is CCCCCC/C=C\c1ccc(C=C(C(=O)OCC)C(=O)OCC)o1. The van der Waals surface area contributed by atoms with E-state index in [1.165, 1.54) is 25.3 Å². The molecule has 1 rings (SSSR count). The minimum absolute atomic E-state index is 0.173. The van der Waals surface area contributed by atoms with Crippen molar-refractivity contribution < 1.29 is 23.5 Å². The van der Waals surface area contributed by atoms with Gasteiger partial charge in [0, 0.05) is 6.08 Å². The van der Waals surface area contributed by atoms with Gasteiger partial charge in [-0.05, 0) is 44.9 Å². The van der Waals surface area contributed by atoms with Gasteiger partial charge in [0.2, 0.25) is 0 Å². The van der Waals surface area contributed by atoms with E-state index in [4.69, 9.17) is 13.9 Å². The fourth-order valence-electron chi connectivity index (χ4n) is 2.19. The van der Waals surface area contributed by atoms with Gasteiger partial charge in [0.05, 0.1) is 13.2 Å². The molecule has 0 N–H and O–H groups in total. The zero-order chi connectivity index (χ0) is 18.5. The molecule has 0 saturated carbocycles. The second-order valence-electron chi connectivity index (χ2n) is 5.49. The number of hydrogen-bond acceptors (Lipinski definition) is 5. The largest absolute Gasteiger partial charge is 0.462 e. The minimum atomic E-state index is -0.717. The van der Waals surface area contributed by atoms with Gasteiger partial charge < -0.3 is 13.9 Å². The second kappa shape index (κ2) is 12.1. The highest BCUT2D eigenvalue weighted by Crippen LogP contribution is 2.16. The van der Waals surface area contributed by atoms with Crippen LogP contribution >= 0.6 is 0 Å². The van der Waals surface area contributed by atoms with Crippen molar-refractivity contribution in [2.75, 3.05) is 13.2 Å². The van der Waals surface area contributed by atoms with E-state index in [1.54, 1.807) is 26.0 Å². The van der Waals surface area contributed by atoms with Gasteiger partial charge in [-0.25, -0.2) is 9.59 Å². The lowest BCUT2D eigenvalue weighted by Gasteiger charge is -2.05. The molecule has 0 aliphatic carbocycles. The number of ether oxygens (including phenoxy) is 2. The summed E-state index contributed by atoms with van der Waals surface area (Å²) in [5.74, 6) is -0.355. The average molecular weight is 348 g/mol. The van der Waals surface area contributed by atoms with Crippen LogP contribution in [0.2, 0.25) is 0 Å². The van der Waals surface area contributed by atoms with E-state index in [0.717, 1.165) is 12.8 Å². The van der Waals surface area contributed by atoms with Crippen molar-refractivity contribution in [3.8, 4) is 0 Å². The van der Waals surface area contributed by atoms with Gasteiger partial charge >= 0.3 is 11.9 Å². The molecular weight excluding hydrogens is 320 g/mol. The van der Waals surface area contributed by atoms with Crippen molar-refractivity contribution in [3.63, 3.8) is 0 Å². The number of carbonyl (C=O) groups is 2. The predicted octanol–water partition coefficient (Wildman–Crippen LogP) is 4.77. The Balaban J connectivity index is 2.75. The molecule has 0 aliphatic rings. The summed E-state index contributed by atoms with van der Waals surface area (Å²) in [4.78, 5) is 23.8. The van der Waals surface area contributed by atoms with E-state index in [-0.39, 0.29) is 18.8 Å². The van der Waals surface area contributed by atoms with Gasteiger partial charge in [-0.15, -0.1) is 0 Å². The Labute approximate surface area is 149 Å². The van der Waals surface area contributed by atoms with Gasteiger partial charge in [-0.3, -0.25) is 0 Å². The normalized spacial score (nSPS) is 10.7. The third-order valence-corrected chi connectivity index (χ3v) is 3.43. The van der Waals surface area contributed by atoms with Crippen LogP contribution < -0.4 is 0 Å². The highest BCUT2D eigenvalue weighted by Gasteiger charge is 2.21. The molecule has 0 spiro atoms. The molecule has 0 saturated heterocycles. The van der Waals surface area contributed by atoms with Crippen LogP contribution in [0.25, 0.3) is 12.2 Å². The molecule has 1 aromatic heterocycles. The van der Waals surface area contributed by atoms with Crippen LogP contribution in [0.4, 0.5) is 0 Å². The van der Waals surface area contributed by atoms with Crippen LogP contribution in [0.5, 0.6) is 0 Å². The third-order valence-electron chi connectivity index (χ3n) is 3.43. The molecule has 25 heavy (non-hydrogen) atoms. The highest BCUT2D eigenvalue weighted by molar-refractivity contribution is 6.17. The zero-order valence-electron chi connectivity index (χ0n) is 15.4. The summed E-state index contributed by atoms with van der Waals surface area (Å²) in [6, 6.07) is 3.50. The Morgan fingerprint density at radius 1 is 0.960 bits per heavy atom. The Morgan fingerprint density at radius 3 is 2.20 bits per heavy atom. The summed E-state index contributed by atoms with van der Waals surface area (Å²) in [6.07, 6.45) is 11.2. The molecule has 0 aromatic carbocycles. The van der Waals surface area contributed by atoms with Crippen LogP contribution in [-0.4, -0.2) is 25.2 Å². The van der Waals surface area contributed by atoms with Crippen LogP contribution in [-0.2, 0) is 19.1 Å². The molecule has 0 fully saturated rings. The second-order valence-corrected chi connectivity index (χ2v) is 5.49. The number of rotatable bonds is 11. The van der Waals surface area contributed by atoms with Crippen molar-refractivity contribution in [2.45, 2.75) is 52.9 Å². The summed E-state index contributed by atoms with van der Waals surface area (Å²) in [6.45, 7) is 5.90. The molecule has 0 bridgehead atoms. The lowest BCUT2D eigenvalue weighted by atomic mass is 10.1. The summed E-state index contributed by atoms with van der Waals surface area (Å²) in [5, 5.41) is 0. The minimum Gasteiger partial charge on any atom is -0.462 e. The standard InChI is InChI=1S/C20H28O5/c1-4-7-8-9-10-11-12-16-13-14-17(25-16)15-18(19(21)23-5-2)20(22)24-6-3/h11-15H,4-10H2,1-3H3/b12-11-. The maximum absolute atomic E-state index is 11.9. The third kappa shape index (κ3) is 7.88. The molecule has 0 amide bonds. The number of allylic oxidation sites excluding steroid dienone is 1. The summed E-state index contributed by atoms with van der Waals surface area (Å²) < 4.78 is 15.4. The van der Waals surface area contributed by atoms with E-state index in [0.29, 0.717) is 11.5 Å². The number of esters is 2. The van der Waals surface area contributed by atoms with Crippen LogP contribution in [0, 0.1) is 0 Å². The molecular formula is C20H28O5. The molecule has 0 radical (unpaired) electrons. The van der Waals surface area contributed by atoms with Gasteiger partial charge in [0.1, 0.15) is 17.1 Å². The summed E-state index contributed by atoms with van der Waals surface area (Å²) in [7, 11) is 0. The van der Waals surface area contributed by atoms with Gasteiger partial charge in [-0.1, -0.05) is 32.3 Å². The maximum Gasteiger partial charge on any atom is 0.345 e. The Hall–Kier alpha value is -2.30. The molecule has 1 aromatic rings. The summed E-state index contributed by atoms with van der Waals surface area (Å²) >= 11 is 0. The lowest BCUT2D eigenvalue weighted by Crippen LogP contribution is -2.18. The van der Waals surface area contributed by atoms with E-state index in [1.807, 2.05) is 6.08 Å². The molecule has 0 atom stereocenters. The Bertz CT molecular complexity index is 575. The lowest BCUT2D eigenvalue weighted by molar-refractivity contribution is -0.146.